The zero-order chi connectivity index (χ0) is 13.9. The molecule has 0 atom stereocenters. The van der Waals surface area contributed by atoms with Gasteiger partial charge in [0.25, 0.3) is 5.91 Å². The van der Waals surface area contributed by atoms with Gasteiger partial charge in [-0.2, -0.15) is 0 Å². The van der Waals surface area contributed by atoms with Gasteiger partial charge in [0, 0.05) is 6.54 Å². The van der Waals surface area contributed by atoms with E-state index in [1.54, 1.807) is 13.0 Å². The van der Waals surface area contributed by atoms with Crippen LogP contribution in [0.5, 0.6) is 0 Å². The average molecular weight is 264 g/mol. The number of hydrogen-bond acceptors (Lipinski definition) is 2. The maximum absolute atomic E-state index is 13.7. The summed E-state index contributed by atoms with van der Waals surface area (Å²) in [5.41, 5.74) is 6.74. The molecular formula is C15H21FN2O. The molecule has 0 saturated heterocycles. The molecule has 0 spiro atoms. The lowest BCUT2D eigenvalue weighted by Gasteiger charge is -2.27. The Morgan fingerprint density at radius 1 is 1.42 bits per heavy atom. The number of benzene rings is 1. The Hall–Kier alpha value is -1.42. The van der Waals surface area contributed by atoms with Crippen LogP contribution in [0.4, 0.5) is 4.39 Å². The molecule has 1 aliphatic carbocycles. The number of aryl methyl sites for hydroxylation is 1. The predicted octanol–water partition coefficient (Wildman–Crippen LogP) is 2.38. The quantitative estimate of drug-likeness (QED) is 0.877. The highest BCUT2D eigenvalue weighted by Gasteiger charge is 2.32. The number of halogens is 1. The van der Waals surface area contributed by atoms with Crippen LogP contribution >= 0.6 is 0 Å². The molecule has 1 amide bonds. The molecule has 3 nitrogen and oxygen atoms in total. The Morgan fingerprint density at radius 3 is 2.68 bits per heavy atom. The predicted molar refractivity (Wildman–Crippen MR) is 73.4 cm³/mol. The van der Waals surface area contributed by atoms with Gasteiger partial charge in [0.15, 0.2) is 0 Å². The van der Waals surface area contributed by atoms with Gasteiger partial charge in [-0.1, -0.05) is 18.9 Å². The molecular weight excluding hydrogens is 243 g/mol. The summed E-state index contributed by atoms with van der Waals surface area (Å²) in [5.74, 6) is -0.817. The van der Waals surface area contributed by atoms with Crippen molar-refractivity contribution >= 4 is 5.91 Å². The zero-order valence-electron chi connectivity index (χ0n) is 11.3. The van der Waals surface area contributed by atoms with Crippen molar-refractivity contribution in [3.05, 3.63) is 35.1 Å². The molecule has 4 heteroatoms. The fourth-order valence-corrected chi connectivity index (χ4v) is 2.75. The molecule has 0 aromatic heterocycles. The van der Waals surface area contributed by atoms with Crippen LogP contribution in [0.3, 0.4) is 0 Å². The molecule has 0 heterocycles. The fraction of sp³-hybridized carbons (Fsp3) is 0.533. The first-order chi connectivity index (χ1) is 9.06. The highest BCUT2D eigenvalue weighted by molar-refractivity contribution is 5.94. The van der Waals surface area contributed by atoms with Crippen molar-refractivity contribution in [2.75, 3.05) is 13.1 Å². The minimum atomic E-state index is -0.467. The second-order valence-corrected chi connectivity index (χ2v) is 5.58. The molecule has 1 aromatic carbocycles. The van der Waals surface area contributed by atoms with E-state index in [1.807, 2.05) is 0 Å². The van der Waals surface area contributed by atoms with Crippen LogP contribution in [-0.4, -0.2) is 19.0 Å². The molecule has 1 saturated carbocycles. The second-order valence-electron chi connectivity index (χ2n) is 5.58. The number of nitrogens with two attached hydrogens (primary N) is 1. The maximum Gasteiger partial charge on any atom is 0.254 e. The van der Waals surface area contributed by atoms with Crippen molar-refractivity contribution in [1.82, 2.24) is 5.32 Å². The summed E-state index contributed by atoms with van der Waals surface area (Å²) in [6.45, 7) is 2.91. The standard InChI is InChI=1S/C15H21FN2O/c1-11-4-5-12(13(16)8-11)14(19)18-10-15(9-17)6-2-3-7-15/h4-5,8H,2-3,6-7,9-10,17H2,1H3,(H,18,19). The third-order valence-electron chi connectivity index (χ3n) is 4.09. The number of carbonyl (C=O) groups excluding carboxylic acids is 1. The van der Waals surface area contributed by atoms with Gasteiger partial charge in [-0.15, -0.1) is 0 Å². The van der Waals surface area contributed by atoms with Crippen molar-refractivity contribution in [3.8, 4) is 0 Å². The summed E-state index contributed by atoms with van der Waals surface area (Å²) in [6.07, 6.45) is 4.40. The molecule has 1 aliphatic rings. The molecule has 0 bridgehead atoms. The summed E-state index contributed by atoms with van der Waals surface area (Å²) < 4.78 is 13.7. The molecule has 19 heavy (non-hydrogen) atoms. The summed E-state index contributed by atoms with van der Waals surface area (Å²) in [4.78, 5) is 12.0. The van der Waals surface area contributed by atoms with Gasteiger partial charge < -0.3 is 11.1 Å². The number of carbonyl (C=O) groups is 1. The highest BCUT2D eigenvalue weighted by atomic mass is 19.1. The normalized spacial score (nSPS) is 17.4. The molecule has 1 fully saturated rings. The molecule has 0 aliphatic heterocycles. The summed E-state index contributed by atoms with van der Waals surface area (Å²) in [7, 11) is 0. The zero-order valence-corrected chi connectivity index (χ0v) is 11.3. The van der Waals surface area contributed by atoms with Crippen molar-refractivity contribution in [3.63, 3.8) is 0 Å². The number of rotatable bonds is 4. The third kappa shape index (κ3) is 3.13. The Kier molecular flexibility index (Phi) is 4.20. The molecule has 0 unspecified atom stereocenters. The Balaban J connectivity index is 2.01. The van der Waals surface area contributed by atoms with Crippen LogP contribution in [0.2, 0.25) is 0 Å². The largest absolute Gasteiger partial charge is 0.351 e. The Bertz CT molecular complexity index is 467. The average Bonchev–Trinajstić information content (AvgIpc) is 2.85. The van der Waals surface area contributed by atoms with E-state index in [0.717, 1.165) is 31.2 Å². The Labute approximate surface area is 113 Å². The fourth-order valence-electron chi connectivity index (χ4n) is 2.75. The Morgan fingerprint density at radius 2 is 2.11 bits per heavy atom. The smallest absolute Gasteiger partial charge is 0.254 e. The first-order valence-corrected chi connectivity index (χ1v) is 6.81. The third-order valence-corrected chi connectivity index (χ3v) is 4.09. The van der Waals surface area contributed by atoms with Gasteiger partial charge in [-0.05, 0) is 49.4 Å². The topological polar surface area (TPSA) is 55.1 Å². The molecule has 2 rings (SSSR count). The van der Waals surface area contributed by atoms with Crippen LogP contribution in [0.1, 0.15) is 41.6 Å². The van der Waals surface area contributed by atoms with E-state index in [2.05, 4.69) is 5.32 Å². The molecule has 1 aromatic rings. The van der Waals surface area contributed by atoms with Crippen LogP contribution in [-0.2, 0) is 0 Å². The summed E-state index contributed by atoms with van der Waals surface area (Å²) >= 11 is 0. The van der Waals surface area contributed by atoms with Gasteiger partial charge in [-0.3, -0.25) is 4.79 Å². The maximum atomic E-state index is 13.7. The van der Waals surface area contributed by atoms with Crippen molar-refractivity contribution in [1.29, 1.82) is 0 Å². The molecule has 104 valence electrons. The van der Waals surface area contributed by atoms with Crippen molar-refractivity contribution in [2.45, 2.75) is 32.6 Å². The monoisotopic (exact) mass is 264 g/mol. The van der Waals surface area contributed by atoms with E-state index in [4.69, 9.17) is 5.73 Å². The SMILES string of the molecule is Cc1ccc(C(=O)NCC2(CN)CCCC2)c(F)c1. The van der Waals surface area contributed by atoms with Gasteiger partial charge in [-0.25, -0.2) is 4.39 Å². The van der Waals surface area contributed by atoms with Crippen LogP contribution in [0, 0.1) is 18.2 Å². The van der Waals surface area contributed by atoms with E-state index in [0.29, 0.717) is 13.1 Å². The van der Waals surface area contributed by atoms with Crippen LogP contribution in [0.25, 0.3) is 0 Å². The van der Waals surface area contributed by atoms with Gasteiger partial charge in [0.2, 0.25) is 0 Å². The van der Waals surface area contributed by atoms with E-state index < -0.39 is 5.82 Å². The lowest BCUT2D eigenvalue weighted by atomic mass is 9.86. The minimum Gasteiger partial charge on any atom is -0.351 e. The lowest BCUT2D eigenvalue weighted by molar-refractivity contribution is 0.0928. The van der Waals surface area contributed by atoms with Crippen molar-refractivity contribution in [2.24, 2.45) is 11.1 Å². The van der Waals surface area contributed by atoms with Gasteiger partial charge in [0.05, 0.1) is 5.56 Å². The summed E-state index contributed by atoms with van der Waals surface area (Å²) in [5, 5.41) is 2.83. The van der Waals surface area contributed by atoms with Gasteiger partial charge >= 0.3 is 0 Å². The second kappa shape index (κ2) is 5.70. The minimum absolute atomic E-state index is 0.0107. The van der Waals surface area contributed by atoms with E-state index in [9.17, 15) is 9.18 Å². The molecule has 0 radical (unpaired) electrons. The number of hydrogen-bond donors (Lipinski definition) is 2. The first-order valence-electron chi connectivity index (χ1n) is 6.81. The number of nitrogens with one attached hydrogen (secondary N) is 1. The first kappa shape index (κ1) is 14.0. The molecule has 3 N–H and O–H groups in total. The van der Waals surface area contributed by atoms with E-state index in [1.165, 1.54) is 12.1 Å². The van der Waals surface area contributed by atoms with Crippen molar-refractivity contribution < 1.29 is 9.18 Å². The van der Waals surface area contributed by atoms with Crippen LogP contribution < -0.4 is 11.1 Å². The van der Waals surface area contributed by atoms with Gasteiger partial charge in [0.1, 0.15) is 5.82 Å². The number of amides is 1. The lowest BCUT2D eigenvalue weighted by Crippen LogP contribution is -2.40. The highest BCUT2D eigenvalue weighted by Crippen LogP contribution is 2.36. The van der Waals surface area contributed by atoms with E-state index >= 15 is 0 Å². The summed E-state index contributed by atoms with van der Waals surface area (Å²) in [6, 6.07) is 4.65. The van der Waals surface area contributed by atoms with Crippen LogP contribution in [0.15, 0.2) is 18.2 Å². The van der Waals surface area contributed by atoms with E-state index in [-0.39, 0.29) is 16.9 Å².